The molecule has 4 nitrogen and oxygen atoms in total. The van der Waals surface area contributed by atoms with Crippen molar-refractivity contribution in [1.82, 2.24) is 4.57 Å². The summed E-state index contributed by atoms with van der Waals surface area (Å²) in [6.07, 6.45) is 1.61. The van der Waals surface area contributed by atoms with E-state index in [1.165, 1.54) is 17.3 Å². The first-order valence-electron chi connectivity index (χ1n) is 10.2. The minimum atomic E-state index is -0.603. The maximum atomic E-state index is 12.6. The number of aromatic nitrogens is 1. The minimum absolute atomic E-state index is 0.0244. The number of carbonyl (C=O) groups is 1. The lowest BCUT2D eigenvalue weighted by molar-refractivity contribution is 0.0514. The summed E-state index contributed by atoms with van der Waals surface area (Å²) in [6, 6.07) is 15.3. The standard InChI is InChI=1S/C25H24Cl2N2O2/c1-15-5-8-18(9-6-15)29-16(2)11-20-22(13-25(3,4)14-23(20)29)28-31-24(30)19-10-7-17(26)12-21(19)27/h5-12H,13-14H2,1-4H3/b28-22+. The Morgan fingerprint density at radius 2 is 1.74 bits per heavy atom. The van der Waals surface area contributed by atoms with Crippen LogP contribution < -0.4 is 0 Å². The smallest absolute Gasteiger partial charge is 0.318 e. The number of aryl methyl sites for hydroxylation is 2. The van der Waals surface area contributed by atoms with Gasteiger partial charge in [-0.05, 0) is 68.5 Å². The Kier molecular flexibility index (Phi) is 5.71. The molecule has 160 valence electrons. The van der Waals surface area contributed by atoms with Crippen LogP contribution in [0.3, 0.4) is 0 Å². The lowest BCUT2D eigenvalue weighted by Gasteiger charge is -2.31. The van der Waals surface area contributed by atoms with Crippen molar-refractivity contribution in [1.29, 1.82) is 0 Å². The SMILES string of the molecule is Cc1ccc(-n2c(C)cc3c2CC(C)(C)C/C3=N\OC(=O)c2ccc(Cl)cc2Cl)cc1. The third-order valence-electron chi connectivity index (χ3n) is 5.57. The van der Waals surface area contributed by atoms with Gasteiger partial charge in [0, 0.05) is 27.7 Å². The molecule has 4 rings (SSSR count). The van der Waals surface area contributed by atoms with E-state index in [1.54, 1.807) is 12.1 Å². The summed E-state index contributed by atoms with van der Waals surface area (Å²) in [6.45, 7) is 8.57. The highest BCUT2D eigenvalue weighted by molar-refractivity contribution is 6.36. The maximum absolute atomic E-state index is 12.6. The molecule has 0 fully saturated rings. The first-order chi connectivity index (χ1) is 14.6. The van der Waals surface area contributed by atoms with Crippen LogP contribution in [0.2, 0.25) is 10.0 Å². The predicted octanol–water partition coefficient (Wildman–Crippen LogP) is 6.93. The van der Waals surface area contributed by atoms with Gasteiger partial charge in [-0.3, -0.25) is 0 Å². The average Bonchev–Trinajstić information content (AvgIpc) is 3.01. The van der Waals surface area contributed by atoms with Crippen LogP contribution in [0, 0.1) is 19.3 Å². The Morgan fingerprint density at radius 1 is 1.03 bits per heavy atom. The van der Waals surface area contributed by atoms with E-state index in [0.717, 1.165) is 29.1 Å². The Bertz CT molecular complexity index is 1190. The van der Waals surface area contributed by atoms with Gasteiger partial charge < -0.3 is 9.40 Å². The van der Waals surface area contributed by atoms with Gasteiger partial charge in [0.25, 0.3) is 0 Å². The number of benzene rings is 2. The molecular formula is C25H24Cl2N2O2. The molecule has 3 aromatic rings. The van der Waals surface area contributed by atoms with Crippen molar-refractivity contribution in [2.45, 2.75) is 40.5 Å². The quantitative estimate of drug-likeness (QED) is 0.317. The van der Waals surface area contributed by atoms with Crippen molar-refractivity contribution in [3.63, 3.8) is 0 Å². The molecular weight excluding hydrogens is 431 g/mol. The monoisotopic (exact) mass is 454 g/mol. The van der Waals surface area contributed by atoms with Crippen LogP contribution >= 0.6 is 23.2 Å². The molecule has 1 aliphatic rings. The summed E-state index contributed by atoms with van der Waals surface area (Å²) in [4.78, 5) is 17.9. The predicted molar refractivity (Wildman–Crippen MR) is 126 cm³/mol. The molecule has 1 aliphatic carbocycles. The lowest BCUT2D eigenvalue weighted by atomic mass is 9.76. The van der Waals surface area contributed by atoms with Gasteiger partial charge in [-0.2, -0.15) is 0 Å². The number of rotatable bonds is 3. The van der Waals surface area contributed by atoms with E-state index < -0.39 is 5.97 Å². The molecule has 0 aliphatic heterocycles. The van der Waals surface area contributed by atoms with Gasteiger partial charge in [0.2, 0.25) is 0 Å². The van der Waals surface area contributed by atoms with Crippen LogP contribution in [0.5, 0.6) is 0 Å². The summed E-state index contributed by atoms with van der Waals surface area (Å²) in [5.41, 5.74) is 6.63. The molecule has 1 aromatic heterocycles. The zero-order valence-electron chi connectivity index (χ0n) is 18.0. The largest absolute Gasteiger partial charge is 0.367 e. The number of nitrogens with zero attached hydrogens (tertiary/aromatic N) is 2. The van der Waals surface area contributed by atoms with Crippen molar-refractivity contribution in [2.75, 3.05) is 0 Å². The van der Waals surface area contributed by atoms with Crippen molar-refractivity contribution in [3.05, 3.63) is 86.7 Å². The summed E-state index contributed by atoms with van der Waals surface area (Å²) >= 11 is 12.1. The molecule has 31 heavy (non-hydrogen) atoms. The van der Waals surface area contributed by atoms with E-state index in [9.17, 15) is 4.79 Å². The van der Waals surface area contributed by atoms with Crippen LogP contribution in [0.25, 0.3) is 5.69 Å². The molecule has 1 heterocycles. The second kappa shape index (κ2) is 8.18. The zero-order valence-corrected chi connectivity index (χ0v) is 19.5. The Morgan fingerprint density at radius 3 is 2.42 bits per heavy atom. The Balaban J connectivity index is 1.71. The first kappa shape index (κ1) is 21.7. The molecule has 0 N–H and O–H groups in total. The number of hydrogen-bond donors (Lipinski definition) is 0. The van der Waals surface area contributed by atoms with E-state index in [1.807, 2.05) is 0 Å². The van der Waals surface area contributed by atoms with E-state index in [2.05, 4.69) is 67.7 Å². The second-order valence-electron chi connectivity index (χ2n) is 8.88. The normalized spacial score (nSPS) is 16.3. The molecule has 2 aromatic carbocycles. The zero-order chi connectivity index (χ0) is 22.3. The molecule has 0 amide bonds. The fourth-order valence-electron chi connectivity index (χ4n) is 4.11. The van der Waals surface area contributed by atoms with Crippen molar-refractivity contribution in [3.8, 4) is 5.69 Å². The molecule has 0 atom stereocenters. The molecule has 0 saturated carbocycles. The highest BCUT2D eigenvalue weighted by atomic mass is 35.5. The minimum Gasteiger partial charge on any atom is -0.318 e. The van der Waals surface area contributed by atoms with Crippen molar-refractivity contribution < 1.29 is 9.63 Å². The lowest BCUT2D eigenvalue weighted by Crippen LogP contribution is -2.28. The van der Waals surface area contributed by atoms with Gasteiger partial charge >= 0.3 is 5.97 Å². The average molecular weight is 455 g/mol. The Hall–Kier alpha value is -2.56. The van der Waals surface area contributed by atoms with Gasteiger partial charge in [0.05, 0.1) is 16.3 Å². The maximum Gasteiger partial charge on any atom is 0.367 e. The summed E-state index contributed by atoms with van der Waals surface area (Å²) < 4.78 is 2.27. The fraction of sp³-hybridized carbons (Fsp3) is 0.280. The van der Waals surface area contributed by atoms with Crippen LogP contribution in [0.15, 0.2) is 53.7 Å². The van der Waals surface area contributed by atoms with Crippen LogP contribution in [0.4, 0.5) is 0 Å². The second-order valence-corrected chi connectivity index (χ2v) is 9.72. The van der Waals surface area contributed by atoms with Gasteiger partial charge in [-0.1, -0.05) is 59.9 Å². The molecule has 0 saturated heterocycles. The molecule has 0 unspecified atom stereocenters. The van der Waals surface area contributed by atoms with Crippen molar-refractivity contribution in [2.24, 2.45) is 10.6 Å². The number of hydrogen-bond acceptors (Lipinski definition) is 3. The first-order valence-corrected chi connectivity index (χ1v) is 10.9. The van der Waals surface area contributed by atoms with Crippen LogP contribution in [-0.2, 0) is 11.3 Å². The number of halogens is 2. The summed E-state index contributed by atoms with van der Waals surface area (Å²) in [7, 11) is 0. The molecule has 0 radical (unpaired) electrons. The van der Waals surface area contributed by atoms with Gasteiger partial charge in [0.15, 0.2) is 0 Å². The van der Waals surface area contributed by atoms with Gasteiger partial charge in [0.1, 0.15) is 0 Å². The van der Waals surface area contributed by atoms with E-state index in [-0.39, 0.29) is 16.0 Å². The highest BCUT2D eigenvalue weighted by Crippen LogP contribution is 2.38. The molecule has 0 spiro atoms. The van der Waals surface area contributed by atoms with Crippen LogP contribution in [-0.4, -0.2) is 16.2 Å². The summed E-state index contributed by atoms with van der Waals surface area (Å²) in [5, 5.41) is 4.98. The summed E-state index contributed by atoms with van der Waals surface area (Å²) in [5.74, 6) is -0.603. The van der Waals surface area contributed by atoms with E-state index in [4.69, 9.17) is 28.0 Å². The number of carbonyl (C=O) groups excluding carboxylic acids is 1. The number of oxime groups is 1. The third-order valence-corrected chi connectivity index (χ3v) is 6.12. The number of fused-ring (bicyclic) bond motifs is 1. The third kappa shape index (κ3) is 4.41. The fourth-order valence-corrected chi connectivity index (χ4v) is 4.60. The highest BCUT2D eigenvalue weighted by Gasteiger charge is 2.34. The Labute approximate surface area is 192 Å². The molecule has 6 heteroatoms. The van der Waals surface area contributed by atoms with Crippen LogP contribution in [0.1, 0.15) is 53.1 Å². The van der Waals surface area contributed by atoms with E-state index in [0.29, 0.717) is 11.4 Å². The van der Waals surface area contributed by atoms with E-state index >= 15 is 0 Å². The van der Waals surface area contributed by atoms with Gasteiger partial charge in [-0.25, -0.2) is 4.79 Å². The van der Waals surface area contributed by atoms with Gasteiger partial charge in [-0.15, -0.1) is 0 Å². The topological polar surface area (TPSA) is 43.6 Å². The van der Waals surface area contributed by atoms with Crippen molar-refractivity contribution >= 4 is 34.9 Å². The molecule has 0 bridgehead atoms.